The molecule has 0 saturated carbocycles. The molecule has 0 aliphatic carbocycles. The molecular formula is C18H18N6O3. The summed E-state index contributed by atoms with van der Waals surface area (Å²) < 4.78 is 5.26. The highest BCUT2D eigenvalue weighted by Gasteiger charge is 2.24. The number of hydrogen-bond acceptors (Lipinski definition) is 8. The molecular weight excluding hydrogens is 348 g/mol. The number of rotatable bonds is 6. The molecule has 0 amide bonds. The highest BCUT2D eigenvalue weighted by molar-refractivity contribution is 5.77. The number of nitrogens with two attached hydrogens (primary N) is 1. The van der Waals surface area contributed by atoms with Crippen molar-refractivity contribution in [1.29, 1.82) is 0 Å². The van der Waals surface area contributed by atoms with Crippen LogP contribution in [0.25, 0.3) is 0 Å². The molecule has 1 heterocycles. The number of methoxy groups -OCH3 is 1. The zero-order valence-corrected chi connectivity index (χ0v) is 14.8. The van der Waals surface area contributed by atoms with Gasteiger partial charge in [-0.3, -0.25) is 10.1 Å². The van der Waals surface area contributed by atoms with Crippen LogP contribution in [0, 0.1) is 17.0 Å². The van der Waals surface area contributed by atoms with E-state index in [0.29, 0.717) is 11.4 Å². The number of hydrogen-bond donors (Lipinski definition) is 3. The number of ether oxygens (including phenoxy) is 1. The van der Waals surface area contributed by atoms with Crippen molar-refractivity contribution in [2.24, 2.45) is 0 Å². The van der Waals surface area contributed by atoms with E-state index >= 15 is 0 Å². The second-order valence-electron chi connectivity index (χ2n) is 5.70. The first-order valence-electron chi connectivity index (χ1n) is 8.03. The molecule has 4 N–H and O–H groups in total. The van der Waals surface area contributed by atoms with E-state index in [2.05, 4.69) is 20.6 Å². The normalized spacial score (nSPS) is 10.3. The van der Waals surface area contributed by atoms with E-state index in [1.54, 1.807) is 24.3 Å². The fourth-order valence-corrected chi connectivity index (χ4v) is 2.44. The lowest BCUT2D eigenvalue weighted by atomic mass is 10.2. The SMILES string of the molecule is COc1ccccc1Nc1nc(Nc2ccc(C)cc2)nc(N)c1[N+](=O)[O-]. The number of nitro groups is 1. The summed E-state index contributed by atoms with van der Waals surface area (Å²) in [6.45, 7) is 1.97. The Morgan fingerprint density at radius 1 is 1.07 bits per heavy atom. The lowest BCUT2D eigenvalue weighted by Crippen LogP contribution is -2.09. The third-order valence-corrected chi connectivity index (χ3v) is 3.76. The van der Waals surface area contributed by atoms with Crippen LogP contribution < -0.4 is 21.1 Å². The van der Waals surface area contributed by atoms with Gasteiger partial charge in [0, 0.05) is 5.69 Å². The van der Waals surface area contributed by atoms with Gasteiger partial charge in [0.2, 0.25) is 17.6 Å². The van der Waals surface area contributed by atoms with Crippen molar-refractivity contribution in [2.45, 2.75) is 6.92 Å². The van der Waals surface area contributed by atoms with E-state index in [0.717, 1.165) is 11.3 Å². The average molecular weight is 366 g/mol. The molecule has 3 aromatic rings. The number of benzene rings is 2. The minimum absolute atomic E-state index is 0.0355. The summed E-state index contributed by atoms with van der Waals surface area (Å²) >= 11 is 0. The molecule has 2 aromatic carbocycles. The maximum Gasteiger partial charge on any atom is 0.353 e. The summed E-state index contributed by atoms with van der Waals surface area (Å²) in [5, 5.41) is 17.4. The molecule has 0 radical (unpaired) electrons. The van der Waals surface area contributed by atoms with Gasteiger partial charge in [-0.05, 0) is 31.2 Å². The Balaban J connectivity index is 2.01. The lowest BCUT2D eigenvalue weighted by molar-refractivity contribution is -0.383. The monoisotopic (exact) mass is 366 g/mol. The standard InChI is InChI=1S/C18H18N6O3/c1-11-7-9-12(10-8-11)20-18-22-16(19)15(24(25)26)17(23-18)21-13-5-3-4-6-14(13)27-2/h3-10H,1-2H3,(H4,19,20,21,22,23). The largest absolute Gasteiger partial charge is 0.495 e. The second kappa shape index (κ2) is 7.56. The van der Waals surface area contributed by atoms with E-state index in [-0.39, 0.29) is 17.6 Å². The van der Waals surface area contributed by atoms with Crippen molar-refractivity contribution in [2.75, 3.05) is 23.5 Å². The van der Waals surface area contributed by atoms with E-state index in [1.807, 2.05) is 31.2 Å². The van der Waals surface area contributed by atoms with E-state index in [1.165, 1.54) is 7.11 Å². The van der Waals surface area contributed by atoms with Crippen molar-refractivity contribution >= 4 is 34.6 Å². The Morgan fingerprint density at radius 3 is 2.44 bits per heavy atom. The minimum Gasteiger partial charge on any atom is -0.495 e. The van der Waals surface area contributed by atoms with E-state index in [4.69, 9.17) is 10.5 Å². The molecule has 3 rings (SSSR count). The molecule has 0 unspecified atom stereocenters. The van der Waals surface area contributed by atoms with Gasteiger partial charge in [-0.25, -0.2) is 0 Å². The number of aromatic nitrogens is 2. The first-order valence-corrected chi connectivity index (χ1v) is 8.03. The van der Waals surface area contributed by atoms with Gasteiger partial charge in [-0.1, -0.05) is 29.8 Å². The predicted octanol–water partition coefficient (Wildman–Crippen LogP) is 3.77. The summed E-state index contributed by atoms with van der Waals surface area (Å²) in [6.07, 6.45) is 0. The van der Waals surface area contributed by atoms with Crippen molar-refractivity contribution < 1.29 is 9.66 Å². The van der Waals surface area contributed by atoms with Gasteiger partial charge in [-0.15, -0.1) is 0 Å². The summed E-state index contributed by atoms with van der Waals surface area (Å²) in [6, 6.07) is 14.5. The molecule has 27 heavy (non-hydrogen) atoms. The summed E-state index contributed by atoms with van der Waals surface area (Å²) in [7, 11) is 1.51. The van der Waals surface area contributed by atoms with Crippen LogP contribution >= 0.6 is 0 Å². The molecule has 0 atom stereocenters. The van der Waals surface area contributed by atoms with Gasteiger partial charge < -0.3 is 21.1 Å². The smallest absolute Gasteiger partial charge is 0.353 e. The van der Waals surface area contributed by atoms with Crippen LogP contribution in [-0.2, 0) is 0 Å². The summed E-state index contributed by atoms with van der Waals surface area (Å²) in [5.74, 6) is 0.366. The number of nitrogen functional groups attached to an aromatic ring is 1. The van der Waals surface area contributed by atoms with Crippen LogP contribution in [0.5, 0.6) is 5.75 Å². The number of aryl methyl sites for hydroxylation is 1. The van der Waals surface area contributed by atoms with E-state index in [9.17, 15) is 10.1 Å². The van der Waals surface area contributed by atoms with Crippen LogP contribution in [0.1, 0.15) is 5.56 Å². The van der Waals surface area contributed by atoms with Crippen LogP contribution in [0.15, 0.2) is 48.5 Å². The zero-order valence-electron chi connectivity index (χ0n) is 14.8. The maximum atomic E-state index is 11.4. The lowest BCUT2D eigenvalue weighted by Gasteiger charge is -2.13. The first kappa shape index (κ1) is 17.9. The molecule has 0 spiro atoms. The van der Waals surface area contributed by atoms with Crippen molar-refractivity contribution in [3.63, 3.8) is 0 Å². The molecule has 0 aliphatic rings. The van der Waals surface area contributed by atoms with Crippen LogP contribution in [0.3, 0.4) is 0 Å². The number of anilines is 5. The number of para-hydroxylation sites is 2. The molecule has 9 nitrogen and oxygen atoms in total. The quantitative estimate of drug-likeness (QED) is 0.444. The second-order valence-corrected chi connectivity index (χ2v) is 5.70. The molecule has 138 valence electrons. The third kappa shape index (κ3) is 4.03. The van der Waals surface area contributed by atoms with Crippen molar-refractivity contribution in [1.82, 2.24) is 9.97 Å². The van der Waals surface area contributed by atoms with Crippen LogP contribution in [0.4, 0.5) is 34.6 Å². The molecule has 1 aromatic heterocycles. The van der Waals surface area contributed by atoms with Gasteiger partial charge in [0.15, 0.2) is 0 Å². The Labute approximate surface area is 155 Å². The molecule has 9 heteroatoms. The van der Waals surface area contributed by atoms with Crippen LogP contribution in [0.2, 0.25) is 0 Å². The Morgan fingerprint density at radius 2 is 1.78 bits per heavy atom. The zero-order chi connectivity index (χ0) is 19.4. The van der Waals surface area contributed by atoms with Gasteiger partial charge in [0.25, 0.3) is 0 Å². The summed E-state index contributed by atoms with van der Waals surface area (Å²) in [5.41, 5.74) is 7.76. The Bertz CT molecular complexity index is 975. The highest BCUT2D eigenvalue weighted by atomic mass is 16.6. The molecule has 0 bridgehead atoms. The first-order chi connectivity index (χ1) is 13.0. The topological polar surface area (TPSA) is 128 Å². The van der Waals surface area contributed by atoms with Gasteiger partial charge in [0.1, 0.15) is 5.75 Å². The molecule has 0 aliphatic heterocycles. The van der Waals surface area contributed by atoms with Gasteiger partial charge in [0.05, 0.1) is 17.7 Å². The Kier molecular flexibility index (Phi) is 5.02. The Hall–Kier alpha value is -3.88. The maximum absolute atomic E-state index is 11.4. The van der Waals surface area contributed by atoms with Crippen molar-refractivity contribution in [3.05, 3.63) is 64.2 Å². The average Bonchev–Trinajstić information content (AvgIpc) is 2.63. The number of nitrogens with zero attached hydrogens (tertiary/aromatic N) is 3. The van der Waals surface area contributed by atoms with Crippen LogP contribution in [-0.4, -0.2) is 22.0 Å². The third-order valence-electron chi connectivity index (χ3n) is 3.76. The molecule has 0 fully saturated rings. The highest BCUT2D eigenvalue weighted by Crippen LogP contribution is 2.34. The van der Waals surface area contributed by atoms with Gasteiger partial charge >= 0.3 is 5.69 Å². The number of nitrogens with one attached hydrogen (secondary N) is 2. The van der Waals surface area contributed by atoms with Crippen molar-refractivity contribution in [3.8, 4) is 5.75 Å². The predicted molar refractivity (Wildman–Crippen MR) is 104 cm³/mol. The summed E-state index contributed by atoms with van der Waals surface area (Å²) in [4.78, 5) is 19.1. The van der Waals surface area contributed by atoms with Gasteiger partial charge in [-0.2, -0.15) is 9.97 Å². The fourth-order valence-electron chi connectivity index (χ4n) is 2.44. The van der Waals surface area contributed by atoms with E-state index < -0.39 is 10.6 Å². The minimum atomic E-state index is -0.622. The molecule has 0 saturated heterocycles. The fraction of sp³-hybridized carbons (Fsp3) is 0.111.